The number of thioether (sulfide) groups is 1. The monoisotopic (exact) mass is 473 g/mol. The molecule has 0 aromatic heterocycles. The lowest BCUT2D eigenvalue weighted by Crippen LogP contribution is -2.24. The number of hydrogen-bond donors (Lipinski definition) is 0. The molecule has 2 heterocycles. The van der Waals surface area contributed by atoms with E-state index in [4.69, 9.17) is 16.7 Å². The van der Waals surface area contributed by atoms with Gasteiger partial charge in [-0.2, -0.15) is 10.1 Å². The Morgan fingerprint density at radius 2 is 1.64 bits per heavy atom. The van der Waals surface area contributed by atoms with Crippen molar-refractivity contribution < 1.29 is 9.59 Å². The van der Waals surface area contributed by atoms with Crippen molar-refractivity contribution in [2.24, 2.45) is 10.1 Å². The molecule has 2 atom stereocenters. The van der Waals surface area contributed by atoms with Crippen LogP contribution in [0.25, 0.3) is 0 Å². The van der Waals surface area contributed by atoms with Crippen LogP contribution in [0.1, 0.15) is 40.4 Å². The number of halogens is 1. The van der Waals surface area contributed by atoms with E-state index in [2.05, 4.69) is 4.99 Å². The number of nitrogens with zero attached hydrogens (tertiary/aromatic N) is 3. The number of rotatable bonds is 5. The van der Waals surface area contributed by atoms with Crippen molar-refractivity contribution in [3.63, 3.8) is 0 Å². The second kappa shape index (κ2) is 9.33. The maximum absolute atomic E-state index is 12.7. The van der Waals surface area contributed by atoms with E-state index in [0.717, 1.165) is 16.8 Å². The summed E-state index contributed by atoms with van der Waals surface area (Å²) in [6.45, 7) is 0. The minimum Gasteiger partial charge on any atom is -0.294 e. The Bertz CT molecular complexity index is 1240. The molecule has 1 amide bonds. The molecule has 5 nitrogen and oxygen atoms in total. The summed E-state index contributed by atoms with van der Waals surface area (Å²) in [5.41, 5.74) is 3.59. The topological polar surface area (TPSA) is 62.1 Å². The van der Waals surface area contributed by atoms with Crippen LogP contribution in [-0.4, -0.2) is 32.8 Å². The molecule has 7 heteroatoms. The van der Waals surface area contributed by atoms with Crippen molar-refractivity contribution in [3.05, 3.63) is 107 Å². The van der Waals surface area contributed by atoms with E-state index in [0.29, 0.717) is 22.2 Å². The van der Waals surface area contributed by atoms with Crippen LogP contribution in [0.2, 0.25) is 5.02 Å². The third kappa shape index (κ3) is 4.63. The lowest BCUT2D eigenvalue weighted by Gasteiger charge is -2.23. The number of amides is 1. The van der Waals surface area contributed by atoms with Crippen molar-refractivity contribution in [1.82, 2.24) is 5.01 Å². The molecule has 0 N–H and O–H groups in total. The van der Waals surface area contributed by atoms with Gasteiger partial charge in [0.2, 0.25) is 0 Å². The van der Waals surface area contributed by atoms with Crippen LogP contribution in [0.5, 0.6) is 0 Å². The molecule has 0 saturated heterocycles. The maximum atomic E-state index is 12.7. The second-order valence-electron chi connectivity index (χ2n) is 7.86. The van der Waals surface area contributed by atoms with Crippen molar-refractivity contribution in [1.29, 1.82) is 0 Å². The number of carbonyl (C=O) groups is 2. The fourth-order valence-electron chi connectivity index (χ4n) is 3.95. The molecule has 2 aliphatic rings. The molecule has 0 bridgehead atoms. The zero-order valence-corrected chi connectivity index (χ0v) is 19.2. The Kier molecular flexibility index (Phi) is 6.11. The molecule has 164 valence electrons. The predicted octanol–water partition coefficient (Wildman–Crippen LogP) is 5.76. The Labute approximate surface area is 201 Å². The van der Waals surface area contributed by atoms with Gasteiger partial charge < -0.3 is 0 Å². The highest BCUT2D eigenvalue weighted by Crippen LogP contribution is 2.39. The lowest BCUT2D eigenvalue weighted by atomic mass is 9.99. The number of benzene rings is 3. The van der Waals surface area contributed by atoms with Crippen LogP contribution in [0.15, 0.2) is 95.0 Å². The van der Waals surface area contributed by atoms with Gasteiger partial charge in [0.1, 0.15) is 5.25 Å². The molecule has 0 fully saturated rings. The molecule has 2 aliphatic heterocycles. The summed E-state index contributed by atoms with van der Waals surface area (Å²) in [5.74, 6) is -0.362. The average Bonchev–Trinajstić information content (AvgIpc) is 3.45. The highest BCUT2D eigenvalue weighted by atomic mass is 35.5. The minimum atomic E-state index is -0.547. The van der Waals surface area contributed by atoms with Crippen molar-refractivity contribution in [2.75, 3.05) is 0 Å². The number of carbonyl (C=O) groups excluding carboxylic acids is 2. The van der Waals surface area contributed by atoms with Gasteiger partial charge in [-0.3, -0.25) is 9.59 Å². The second-order valence-corrected chi connectivity index (χ2v) is 9.47. The quantitative estimate of drug-likeness (QED) is 0.442. The fraction of sp³-hybridized carbons (Fsp3) is 0.154. The largest absolute Gasteiger partial charge is 0.294 e. The highest BCUT2D eigenvalue weighted by molar-refractivity contribution is 8.15. The van der Waals surface area contributed by atoms with Crippen LogP contribution in [0.3, 0.4) is 0 Å². The summed E-state index contributed by atoms with van der Waals surface area (Å²) >= 11 is 7.41. The molecule has 0 saturated carbocycles. The average molecular weight is 474 g/mol. The zero-order valence-electron chi connectivity index (χ0n) is 17.6. The molecule has 33 heavy (non-hydrogen) atoms. The zero-order chi connectivity index (χ0) is 22.8. The Morgan fingerprint density at radius 1 is 0.970 bits per heavy atom. The lowest BCUT2D eigenvalue weighted by molar-refractivity contribution is -0.117. The van der Waals surface area contributed by atoms with Crippen LogP contribution in [-0.2, 0) is 4.79 Å². The Morgan fingerprint density at radius 3 is 2.33 bits per heavy atom. The van der Waals surface area contributed by atoms with E-state index < -0.39 is 5.25 Å². The summed E-state index contributed by atoms with van der Waals surface area (Å²) in [6, 6.07) is 26.6. The molecule has 0 unspecified atom stereocenters. The first kappa shape index (κ1) is 21.6. The van der Waals surface area contributed by atoms with E-state index in [1.165, 1.54) is 11.8 Å². The summed E-state index contributed by atoms with van der Waals surface area (Å²) < 4.78 is 0. The first-order valence-corrected chi connectivity index (χ1v) is 11.9. The third-order valence-electron chi connectivity index (χ3n) is 5.66. The maximum Gasteiger partial charge on any atom is 0.262 e. The molecule has 5 rings (SSSR count). The van der Waals surface area contributed by atoms with E-state index >= 15 is 0 Å². The van der Waals surface area contributed by atoms with Gasteiger partial charge in [0.05, 0.1) is 11.8 Å². The van der Waals surface area contributed by atoms with Crippen LogP contribution in [0, 0.1) is 0 Å². The van der Waals surface area contributed by atoms with E-state index in [1.807, 2.05) is 77.8 Å². The summed E-state index contributed by atoms with van der Waals surface area (Å²) in [6.07, 6.45) is 0.780. The first-order valence-electron chi connectivity index (χ1n) is 10.6. The van der Waals surface area contributed by atoms with Crippen LogP contribution >= 0.6 is 23.4 Å². The van der Waals surface area contributed by atoms with Gasteiger partial charge in [0.15, 0.2) is 11.0 Å². The molecular formula is C26H20ClN3O2S. The van der Waals surface area contributed by atoms with Crippen molar-refractivity contribution in [3.8, 4) is 0 Å². The standard InChI is InChI=1S/C26H20ClN3O2S/c27-20-13-11-18(12-14-20)22-15-21(17-7-3-1-4-8-17)29-30(22)26-28-25(32)24(33-26)16-23(31)19-9-5-2-6-10-19/h1-14,22,24H,15-16H2/t22-,24-/m1/s1. The van der Waals surface area contributed by atoms with Crippen molar-refractivity contribution >= 4 is 45.9 Å². The van der Waals surface area contributed by atoms with Crippen LogP contribution in [0.4, 0.5) is 0 Å². The fourth-order valence-corrected chi connectivity index (χ4v) is 5.14. The predicted molar refractivity (Wildman–Crippen MR) is 133 cm³/mol. The van der Waals surface area contributed by atoms with E-state index in [1.54, 1.807) is 12.1 Å². The van der Waals surface area contributed by atoms with E-state index in [9.17, 15) is 9.59 Å². The molecule has 0 radical (unpaired) electrons. The smallest absolute Gasteiger partial charge is 0.262 e. The summed E-state index contributed by atoms with van der Waals surface area (Å²) in [5, 5.41) is 7.32. The molecule has 0 aliphatic carbocycles. The Hall–Kier alpha value is -3.22. The first-order chi connectivity index (χ1) is 16.1. The number of amidine groups is 1. The van der Waals surface area contributed by atoms with Gasteiger partial charge >= 0.3 is 0 Å². The SMILES string of the molecule is O=C(C[C@H]1SC(N2N=C(c3ccccc3)C[C@@H]2c2ccc(Cl)cc2)=NC1=O)c1ccccc1. The minimum absolute atomic E-state index is 0.0675. The summed E-state index contributed by atoms with van der Waals surface area (Å²) in [7, 11) is 0. The Balaban J connectivity index is 1.40. The van der Waals surface area contributed by atoms with Crippen LogP contribution < -0.4 is 0 Å². The number of hydrazone groups is 1. The van der Waals surface area contributed by atoms with Gasteiger partial charge in [0, 0.05) is 23.4 Å². The number of hydrogen-bond acceptors (Lipinski definition) is 5. The van der Waals surface area contributed by atoms with Crippen molar-refractivity contribution in [2.45, 2.75) is 24.1 Å². The number of ketones is 1. The molecular weight excluding hydrogens is 454 g/mol. The van der Waals surface area contributed by atoms with Gasteiger partial charge in [0.25, 0.3) is 5.91 Å². The van der Waals surface area contributed by atoms with E-state index in [-0.39, 0.29) is 24.2 Å². The summed E-state index contributed by atoms with van der Waals surface area (Å²) in [4.78, 5) is 29.7. The third-order valence-corrected chi connectivity index (χ3v) is 7.06. The number of aliphatic imine (C=N–C) groups is 1. The van der Waals surface area contributed by atoms with Gasteiger partial charge in [-0.15, -0.1) is 0 Å². The van der Waals surface area contributed by atoms with Gasteiger partial charge in [-0.05, 0) is 23.3 Å². The normalized spacial score (nSPS) is 20.0. The van der Waals surface area contributed by atoms with Gasteiger partial charge in [-0.25, -0.2) is 5.01 Å². The van der Waals surface area contributed by atoms with Gasteiger partial charge in [-0.1, -0.05) is 96.2 Å². The highest BCUT2D eigenvalue weighted by Gasteiger charge is 2.39. The number of Topliss-reactive ketones (excluding diaryl/α,β-unsaturated/α-hetero) is 1. The molecule has 3 aromatic carbocycles. The molecule has 0 spiro atoms. The molecule has 3 aromatic rings.